The lowest BCUT2D eigenvalue weighted by molar-refractivity contribution is -0.185. The van der Waals surface area contributed by atoms with Crippen molar-refractivity contribution in [1.29, 1.82) is 0 Å². The number of alkyl halides is 3. The van der Waals surface area contributed by atoms with Crippen LogP contribution in [0.2, 0.25) is 0 Å². The molecule has 0 aromatic rings. The molecule has 0 radical (unpaired) electrons. The molecule has 3 amide bonds. The first-order valence-corrected chi connectivity index (χ1v) is 7.70. The van der Waals surface area contributed by atoms with E-state index in [0.717, 1.165) is 0 Å². The van der Waals surface area contributed by atoms with E-state index >= 15 is 0 Å². The third-order valence-electron chi connectivity index (χ3n) is 3.82. The summed E-state index contributed by atoms with van der Waals surface area (Å²) in [5, 5.41) is 2.92. The first-order valence-electron chi connectivity index (χ1n) is 7.70. The minimum atomic E-state index is -4.94. The van der Waals surface area contributed by atoms with Gasteiger partial charge < -0.3 is 20.0 Å². The summed E-state index contributed by atoms with van der Waals surface area (Å²) in [6.45, 7) is 3.85. The van der Waals surface area contributed by atoms with Crippen molar-refractivity contribution in [3.8, 4) is 0 Å². The predicted molar refractivity (Wildman–Crippen MR) is 80.0 cm³/mol. The zero-order valence-electron chi connectivity index (χ0n) is 13.9. The van der Waals surface area contributed by atoms with E-state index in [1.165, 1.54) is 18.7 Å². The Hall–Kier alpha value is -1.84. The van der Waals surface area contributed by atoms with E-state index in [9.17, 15) is 27.6 Å². The van der Waals surface area contributed by atoms with Crippen molar-refractivity contribution in [2.45, 2.75) is 20.0 Å². The lowest BCUT2D eigenvalue weighted by Crippen LogP contribution is -2.50. The first kappa shape index (κ1) is 20.2. The van der Waals surface area contributed by atoms with Crippen LogP contribution in [0.5, 0.6) is 0 Å². The zero-order chi connectivity index (χ0) is 18.3. The Kier molecular flexibility index (Phi) is 7.46. The van der Waals surface area contributed by atoms with E-state index in [4.69, 9.17) is 0 Å². The van der Waals surface area contributed by atoms with Gasteiger partial charge in [-0.25, -0.2) is 0 Å². The Morgan fingerprint density at radius 1 is 0.750 bits per heavy atom. The highest BCUT2D eigenvalue weighted by atomic mass is 19.4. The van der Waals surface area contributed by atoms with Crippen LogP contribution in [0.1, 0.15) is 13.8 Å². The standard InChI is InChI=1S/C14H23F3N4O3/c1-11(22)19-5-3-18-4-6-21(13(24)14(15,16)17)10-9-20(8-7-19)12(2)23/h18H,3-10H2,1-2H3. The van der Waals surface area contributed by atoms with Crippen LogP contribution in [-0.2, 0) is 14.4 Å². The zero-order valence-corrected chi connectivity index (χ0v) is 13.9. The average Bonchev–Trinajstić information content (AvgIpc) is 2.45. The Labute approximate surface area is 138 Å². The van der Waals surface area contributed by atoms with Crippen molar-refractivity contribution >= 4 is 17.7 Å². The van der Waals surface area contributed by atoms with Gasteiger partial charge in [0.1, 0.15) is 0 Å². The second kappa shape index (κ2) is 8.86. The fraction of sp³-hybridized carbons (Fsp3) is 0.786. The molecule has 0 atom stereocenters. The molecule has 1 aliphatic rings. The maximum absolute atomic E-state index is 12.7. The van der Waals surface area contributed by atoms with E-state index in [1.54, 1.807) is 4.90 Å². The van der Waals surface area contributed by atoms with E-state index in [-0.39, 0.29) is 44.5 Å². The van der Waals surface area contributed by atoms with Gasteiger partial charge in [-0.2, -0.15) is 13.2 Å². The van der Waals surface area contributed by atoms with Crippen molar-refractivity contribution in [2.75, 3.05) is 52.4 Å². The molecule has 1 fully saturated rings. The Balaban J connectivity index is 2.82. The molecule has 1 N–H and O–H groups in total. The van der Waals surface area contributed by atoms with Gasteiger partial charge in [0.05, 0.1) is 0 Å². The number of amides is 3. The Morgan fingerprint density at radius 3 is 1.54 bits per heavy atom. The van der Waals surface area contributed by atoms with Gasteiger partial charge in [-0.3, -0.25) is 14.4 Å². The summed E-state index contributed by atoms with van der Waals surface area (Å²) in [6.07, 6.45) is -4.94. The molecule has 0 aromatic carbocycles. The number of hydrogen-bond donors (Lipinski definition) is 1. The Morgan fingerprint density at radius 2 is 1.12 bits per heavy atom. The molecule has 1 rings (SSSR count). The van der Waals surface area contributed by atoms with Gasteiger partial charge in [-0.1, -0.05) is 0 Å². The highest BCUT2D eigenvalue weighted by molar-refractivity contribution is 5.82. The molecule has 0 spiro atoms. The van der Waals surface area contributed by atoms with Crippen LogP contribution < -0.4 is 5.32 Å². The number of rotatable bonds is 0. The normalized spacial score (nSPS) is 18.6. The van der Waals surface area contributed by atoms with Gasteiger partial charge in [0, 0.05) is 66.2 Å². The van der Waals surface area contributed by atoms with Crippen molar-refractivity contribution in [1.82, 2.24) is 20.0 Å². The summed E-state index contributed by atoms with van der Waals surface area (Å²) in [5.74, 6) is -2.35. The largest absolute Gasteiger partial charge is 0.471 e. The number of carbonyl (C=O) groups is 3. The molecule has 0 aliphatic carbocycles. The fourth-order valence-electron chi connectivity index (χ4n) is 2.38. The molecular weight excluding hydrogens is 329 g/mol. The Bertz CT molecular complexity index is 471. The maximum atomic E-state index is 12.7. The molecule has 24 heavy (non-hydrogen) atoms. The van der Waals surface area contributed by atoms with Crippen molar-refractivity contribution in [2.24, 2.45) is 0 Å². The third kappa shape index (κ3) is 6.34. The number of nitrogens with one attached hydrogen (secondary N) is 1. The van der Waals surface area contributed by atoms with Crippen LogP contribution in [0.3, 0.4) is 0 Å². The van der Waals surface area contributed by atoms with Crippen LogP contribution in [0.25, 0.3) is 0 Å². The minimum Gasteiger partial charge on any atom is -0.340 e. The maximum Gasteiger partial charge on any atom is 0.471 e. The van der Waals surface area contributed by atoms with E-state index in [2.05, 4.69) is 5.32 Å². The van der Waals surface area contributed by atoms with Gasteiger partial charge in [0.25, 0.3) is 0 Å². The SMILES string of the molecule is CC(=O)N1CCNCCN(C(=O)C(F)(F)F)CCN(C(C)=O)CC1. The van der Waals surface area contributed by atoms with E-state index in [0.29, 0.717) is 24.5 Å². The molecular formula is C14H23F3N4O3. The molecule has 138 valence electrons. The third-order valence-corrected chi connectivity index (χ3v) is 3.82. The summed E-state index contributed by atoms with van der Waals surface area (Å²) in [5.41, 5.74) is 0. The molecule has 0 aromatic heterocycles. The number of halogens is 3. The molecule has 0 bridgehead atoms. The fourth-order valence-corrected chi connectivity index (χ4v) is 2.38. The first-order chi connectivity index (χ1) is 11.1. The van der Waals surface area contributed by atoms with Crippen LogP contribution in [0.15, 0.2) is 0 Å². The summed E-state index contributed by atoms with van der Waals surface area (Å²) in [4.78, 5) is 38.3. The quantitative estimate of drug-likeness (QED) is 0.648. The molecule has 1 saturated heterocycles. The van der Waals surface area contributed by atoms with Crippen LogP contribution in [0.4, 0.5) is 13.2 Å². The minimum absolute atomic E-state index is 0.0110. The predicted octanol–water partition coefficient (Wildman–Crippen LogP) is -0.322. The van der Waals surface area contributed by atoms with Gasteiger partial charge >= 0.3 is 12.1 Å². The van der Waals surface area contributed by atoms with Crippen molar-refractivity contribution < 1.29 is 27.6 Å². The summed E-state index contributed by atoms with van der Waals surface area (Å²) in [7, 11) is 0. The van der Waals surface area contributed by atoms with E-state index in [1.807, 2.05) is 0 Å². The highest BCUT2D eigenvalue weighted by Gasteiger charge is 2.42. The second-order valence-electron chi connectivity index (χ2n) is 5.55. The molecule has 1 heterocycles. The summed E-state index contributed by atoms with van der Waals surface area (Å²) >= 11 is 0. The molecule has 0 saturated carbocycles. The molecule has 0 unspecified atom stereocenters. The number of carbonyl (C=O) groups excluding carboxylic acids is 3. The van der Waals surface area contributed by atoms with Crippen LogP contribution >= 0.6 is 0 Å². The lowest BCUT2D eigenvalue weighted by Gasteiger charge is -2.31. The van der Waals surface area contributed by atoms with Gasteiger partial charge in [0.2, 0.25) is 11.8 Å². The highest BCUT2D eigenvalue weighted by Crippen LogP contribution is 2.18. The van der Waals surface area contributed by atoms with Crippen molar-refractivity contribution in [3.63, 3.8) is 0 Å². The molecule has 7 nitrogen and oxygen atoms in total. The molecule has 1 aliphatic heterocycles. The smallest absolute Gasteiger partial charge is 0.340 e. The monoisotopic (exact) mass is 352 g/mol. The average molecular weight is 352 g/mol. The molecule has 10 heteroatoms. The van der Waals surface area contributed by atoms with E-state index < -0.39 is 12.1 Å². The topological polar surface area (TPSA) is 73.0 Å². The summed E-state index contributed by atoms with van der Waals surface area (Å²) < 4.78 is 38.0. The second-order valence-corrected chi connectivity index (χ2v) is 5.55. The van der Waals surface area contributed by atoms with Crippen molar-refractivity contribution in [3.05, 3.63) is 0 Å². The summed E-state index contributed by atoms with van der Waals surface area (Å²) in [6, 6.07) is 0. The number of hydrogen-bond acceptors (Lipinski definition) is 4. The van der Waals surface area contributed by atoms with Crippen LogP contribution in [-0.4, -0.2) is 91.0 Å². The number of nitrogens with zero attached hydrogens (tertiary/aromatic N) is 3. The van der Waals surface area contributed by atoms with Gasteiger partial charge in [0.15, 0.2) is 0 Å². The van der Waals surface area contributed by atoms with Gasteiger partial charge in [-0.05, 0) is 0 Å². The lowest BCUT2D eigenvalue weighted by atomic mass is 10.3. The van der Waals surface area contributed by atoms with Crippen LogP contribution in [0, 0.1) is 0 Å². The van der Waals surface area contributed by atoms with Gasteiger partial charge in [-0.15, -0.1) is 0 Å².